The molecule has 1 heterocycles. The van der Waals surface area contributed by atoms with Crippen molar-refractivity contribution in [3.8, 4) is 0 Å². The minimum Gasteiger partial charge on any atom is -0.481 e. The summed E-state index contributed by atoms with van der Waals surface area (Å²) in [6.45, 7) is 2.26. The van der Waals surface area contributed by atoms with Crippen molar-refractivity contribution in [1.29, 1.82) is 0 Å². The lowest BCUT2D eigenvalue weighted by molar-refractivity contribution is -0.147. The summed E-state index contributed by atoms with van der Waals surface area (Å²) < 4.78 is 44.0. The zero-order valence-electron chi connectivity index (χ0n) is 20.9. The molecule has 0 radical (unpaired) electrons. The van der Waals surface area contributed by atoms with Gasteiger partial charge in [0.15, 0.2) is 5.69 Å². The van der Waals surface area contributed by atoms with Crippen molar-refractivity contribution in [2.24, 2.45) is 5.92 Å². The van der Waals surface area contributed by atoms with Gasteiger partial charge in [0.25, 0.3) is 5.91 Å². The number of halogens is 4. The molecule has 3 aromatic rings. The van der Waals surface area contributed by atoms with Gasteiger partial charge in [-0.2, -0.15) is 18.3 Å². The quantitative estimate of drug-likeness (QED) is 0.346. The summed E-state index contributed by atoms with van der Waals surface area (Å²) in [6.07, 6.45) is -2.32. The van der Waals surface area contributed by atoms with Gasteiger partial charge in [0.2, 0.25) is 0 Å². The first kappa shape index (κ1) is 27.7. The predicted molar refractivity (Wildman–Crippen MR) is 137 cm³/mol. The van der Waals surface area contributed by atoms with Crippen LogP contribution in [0.2, 0.25) is 5.02 Å². The molecule has 0 bridgehead atoms. The van der Waals surface area contributed by atoms with Crippen LogP contribution >= 0.6 is 11.6 Å². The Morgan fingerprint density at radius 2 is 1.74 bits per heavy atom. The number of nitrogens with zero attached hydrogens (tertiary/aromatic N) is 3. The van der Waals surface area contributed by atoms with E-state index in [0.29, 0.717) is 11.4 Å². The Kier molecular flexibility index (Phi) is 8.45. The first-order valence-corrected chi connectivity index (χ1v) is 12.9. The zero-order valence-corrected chi connectivity index (χ0v) is 21.7. The number of carboxylic acids is 1. The van der Waals surface area contributed by atoms with E-state index < -0.39 is 41.3 Å². The summed E-state index contributed by atoms with van der Waals surface area (Å²) in [5, 5.41) is 13.8. The van der Waals surface area contributed by atoms with E-state index >= 15 is 0 Å². The van der Waals surface area contributed by atoms with Gasteiger partial charge in [-0.1, -0.05) is 48.0 Å². The highest BCUT2D eigenvalue weighted by Crippen LogP contribution is 2.39. The molecule has 0 unspecified atom stereocenters. The van der Waals surface area contributed by atoms with E-state index in [0.717, 1.165) is 27.6 Å². The molecule has 1 aliphatic rings. The van der Waals surface area contributed by atoms with Crippen molar-refractivity contribution < 1.29 is 27.9 Å². The first-order chi connectivity index (χ1) is 18.0. The number of carbonyl (C=O) groups is 2. The Bertz CT molecular complexity index is 1280. The average molecular weight is 548 g/mol. The fraction of sp³-hybridized carbons (Fsp3) is 0.393. The lowest BCUT2D eigenvalue weighted by Crippen LogP contribution is -2.34. The lowest BCUT2D eigenvalue weighted by atomic mass is 9.86. The van der Waals surface area contributed by atoms with E-state index in [9.17, 15) is 27.9 Å². The summed E-state index contributed by atoms with van der Waals surface area (Å²) in [7, 11) is 0. The predicted octanol–water partition coefficient (Wildman–Crippen LogP) is 6.56. The number of hydrogen-bond donors (Lipinski definition) is 1. The number of amides is 1. The molecule has 1 saturated carbocycles. The van der Waals surface area contributed by atoms with Crippen molar-refractivity contribution in [3.05, 3.63) is 87.7 Å². The van der Waals surface area contributed by atoms with Crippen LogP contribution in [0.4, 0.5) is 13.2 Å². The highest BCUT2D eigenvalue weighted by molar-refractivity contribution is 6.30. The third-order valence-corrected chi connectivity index (χ3v) is 7.42. The van der Waals surface area contributed by atoms with E-state index in [1.165, 1.54) is 4.90 Å². The van der Waals surface area contributed by atoms with Crippen molar-refractivity contribution >= 4 is 23.5 Å². The molecule has 0 aliphatic heterocycles. The molecule has 10 heteroatoms. The maximum absolute atomic E-state index is 14.4. The summed E-state index contributed by atoms with van der Waals surface area (Å²) in [5.41, 5.74) is 1.19. The minimum absolute atomic E-state index is 0.105. The molecule has 4 rings (SSSR count). The zero-order chi connectivity index (χ0) is 27.4. The Labute approximate surface area is 224 Å². The number of benzene rings is 2. The van der Waals surface area contributed by atoms with Gasteiger partial charge in [-0.3, -0.25) is 14.3 Å². The van der Waals surface area contributed by atoms with Crippen molar-refractivity contribution in [3.63, 3.8) is 0 Å². The summed E-state index contributed by atoms with van der Waals surface area (Å²) in [6, 6.07) is 13.9. The van der Waals surface area contributed by atoms with Crippen molar-refractivity contribution in [1.82, 2.24) is 14.7 Å². The number of rotatable bonds is 8. The molecule has 0 spiro atoms. The highest BCUT2D eigenvalue weighted by Gasteiger charge is 2.43. The van der Waals surface area contributed by atoms with Gasteiger partial charge < -0.3 is 10.0 Å². The minimum atomic E-state index is -4.81. The molecule has 2 aromatic carbocycles. The second-order valence-electron chi connectivity index (χ2n) is 9.72. The number of aryl methyl sites for hydroxylation is 1. The third-order valence-electron chi connectivity index (χ3n) is 7.17. The second kappa shape index (κ2) is 11.6. The molecule has 1 fully saturated rings. The number of carboxylic acid groups (broad SMARTS) is 1. The lowest BCUT2D eigenvalue weighted by Gasteiger charge is -2.28. The topological polar surface area (TPSA) is 75.4 Å². The fourth-order valence-corrected chi connectivity index (χ4v) is 5.15. The van der Waals surface area contributed by atoms with Gasteiger partial charge in [-0.05, 0) is 67.9 Å². The van der Waals surface area contributed by atoms with Gasteiger partial charge >= 0.3 is 12.1 Å². The Morgan fingerprint density at radius 1 is 1.08 bits per heavy atom. The van der Waals surface area contributed by atoms with Crippen LogP contribution < -0.4 is 0 Å². The number of aromatic nitrogens is 2. The average Bonchev–Trinajstić information content (AvgIpc) is 3.34. The van der Waals surface area contributed by atoms with Gasteiger partial charge in [-0.25, -0.2) is 0 Å². The third kappa shape index (κ3) is 6.38. The number of carbonyl (C=O) groups excluding carboxylic acids is 1. The second-order valence-corrected chi connectivity index (χ2v) is 10.2. The smallest absolute Gasteiger partial charge is 0.433 e. The van der Waals surface area contributed by atoms with Crippen LogP contribution in [0.25, 0.3) is 0 Å². The molecule has 1 amide bonds. The van der Waals surface area contributed by atoms with Crippen molar-refractivity contribution in [2.45, 2.75) is 57.8 Å². The first-order valence-electron chi connectivity index (χ1n) is 12.5. The van der Waals surface area contributed by atoms with Crippen LogP contribution in [0.5, 0.6) is 0 Å². The van der Waals surface area contributed by atoms with Crippen LogP contribution in [0, 0.1) is 12.8 Å². The van der Waals surface area contributed by atoms with E-state index in [-0.39, 0.29) is 38.8 Å². The summed E-state index contributed by atoms with van der Waals surface area (Å²) in [4.78, 5) is 26.4. The summed E-state index contributed by atoms with van der Waals surface area (Å²) in [5.74, 6) is -2.28. The maximum atomic E-state index is 14.4. The Balaban J connectivity index is 1.64. The Morgan fingerprint density at radius 3 is 2.34 bits per heavy atom. The molecule has 1 aliphatic carbocycles. The van der Waals surface area contributed by atoms with Gasteiger partial charge in [0, 0.05) is 18.1 Å². The monoisotopic (exact) mass is 547 g/mol. The standard InChI is InChI=1S/C28H29ClF3N3O3/c1-18-4-2-3-5-20(18)14-15-34(17-19-6-10-22(29)11-7-19)26(36)24-16-33-35(25(24)28(30,31)32)23-12-8-21(9-13-23)27(37)38/h2-7,10-11,16,21,23H,8-9,12-15,17H2,1H3,(H,37,38). The van der Waals surface area contributed by atoms with Gasteiger partial charge in [0.05, 0.1) is 23.7 Å². The van der Waals surface area contributed by atoms with E-state index in [1.807, 2.05) is 31.2 Å². The van der Waals surface area contributed by atoms with Gasteiger partial charge in [0.1, 0.15) is 0 Å². The SMILES string of the molecule is Cc1ccccc1CCN(Cc1ccc(Cl)cc1)C(=O)c1cnn(C2CCC(C(=O)O)CC2)c1C(F)(F)F. The van der Waals surface area contributed by atoms with Crippen LogP contribution in [0.3, 0.4) is 0 Å². The van der Waals surface area contributed by atoms with E-state index in [2.05, 4.69) is 5.10 Å². The number of hydrogen-bond acceptors (Lipinski definition) is 3. The highest BCUT2D eigenvalue weighted by atomic mass is 35.5. The van der Waals surface area contributed by atoms with E-state index in [4.69, 9.17) is 11.6 Å². The molecule has 202 valence electrons. The van der Waals surface area contributed by atoms with Crippen molar-refractivity contribution in [2.75, 3.05) is 6.54 Å². The molecule has 1 N–H and O–H groups in total. The molecular formula is C28H29ClF3N3O3. The number of aliphatic carboxylic acids is 1. The molecule has 38 heavy (non-hydrogen) atoms. The molecule has 6 nitrogen and oxygen atoms in total. The van der Waals surface area contributed by atoms with Crippen LogP contribution in [-0.2, 0) is 23.9 Å². The molecule has 0 saturated heterocycles. The largest absolute Gasteiger partial charge is 0.481 e. The Hall–Kier alpha value is -3.33. The summed E-state index contributed by atoms with van der Waals surface area (Å²) >= 11 is 5.99. The molecule has 0 atom stereocenters. The van der Waals surface area contributed by atoms with Crippen LogP contribution in [-0.4, -0.2) is 38.2 Å². The van der Waals surface area contributed by atoms with Gasteiger partial charge in [-0.15, -0.1) is 0 Å². The fourth-order valence-electron chi connectivity index (χ4n) is 5.02. The number of alkyl halides is 3. The normalized spacial score (nSPS) is 17.8. The van der Waals surface area contributed by atoms with E-state index in [1.54, 1.807) is 24.3 Å². The molecular weight excluding hydrogens is 519 g/mol. The maximum Gasteiger partial charge on any atom is 0.433 e. The molecule has 1 aromatic heterocycles. The van der Waals surface area contributed by atoms with Crippen LogP contribution in [0.1, 0.15) is 64.5 Å². The van der Waals surface area contributed by atoms with Crippen LogP contribution in [0.15, 0.2) is 54.7 Å².